The molecule has 0 aliphatic heterocycles. The van der Waals surface area contributed by atoms with Crippen LogP contribution in [0.15, 0.2) is 27.8 Å². The predicted molar refractivity (Wildman–Crippen MR) is 152 cm³/mol. The highest BCUT2D eigenvalue weighted by Gasteiger charge is 2.70. The molecule has 3 fully saturated rings. The molecule has 6 rings (SSSR count). The lowest BCUT2D eigenvalue weighted by Gasteiger charge is -2.67. The molecule has 1 heterocycles. The minimum Gasteiger partial charge on any atom is -0.339 e. The molecule has 40 heavy (non-hydrogen) atoms. The molecule has 1 aromatic rings. The van der Waals surface area contributed by atoms with Crippen LogP contribution in [-0.2, 0) is 15.0 Å². The molecule has 7 atom stereocenters. The Balaban J connectivity index is 1.53. The van der Waals surface area contributed by atoms with Crippen LogP contribution in [0.5, 0.6) is 0 Å². The second kappa shape index (κ2) is 8.26. The van der Waals surface area contributed by atoms with Crippen LogP contribution in [0.2, 0.25) is 0 Å². The van der Waals surface area contributed by atoms with Crippen molar-refractivity contribution in [2.45, 2.75) is 112 Å². The van der Waals surface area contributed by atoms with Crippen LogP contribution in [0.4, 0.5) is 0 Å². The highest BCUT2D eigenvalue weighted by Crippen LogP contribution is 2.74. The van der Waals surface area contributed by atoms with Crippen molar-refractivity contribution in [1.29, 1.82) is 5.26 Å². The molecule has 6 heteroatoms. The van der Waals surface area contributed by atoms with E-state index >= 15 is 0 Å². The molecular weight excluding hydrogens is 498 g/mol. The summed E-state index contributed by atoms with van der Waals surface area (Å²) in [6, 6.07) is 2.21. The normalized spacial score (nSPS) is 43.6. The highest BCUT2D eigenvalue weighted by molar-refractivity contribution is 6.04. The van der Waals surface area contributed by atoms with Gasteiger partial charge in [0.15, 0.2) is 17.4 Å². The summed E-state index contributed by atoms with van der Waals surface area (Å²) < 4.78 is 5.95. The van der Waals surface area contributed by atoms with E-state index in [1.165, 1.54) is 0 Å². The van der Waals surface area contributed by atoms with Gasteiger partial charge in [-0.25, -0.2) is 0 Å². The second-order valence-electron chi connectivity index (χ2n) is 15.9. The first kappa shape index (κ1) is 27.6. The van der Waals surface area contributed by atoms with E-state index in [1.807, 2.05) is 32.9 Å². The number of Topliss-reactive ketones (excluding diaryl/α,β-unsaturated/α-hetero) is 1. The molecule has 0 spiro atoms. The van der Waals surface area contributed by atoms with Gasteiger partial charge in [-0.1, -0.05) is 65.3 Å². The van der Waals surface area contributed by atoms with Crippen molar-refractivity contribution in [2.75, 3.05) is 0 Å². The first-order valence-corrected chi connectivity index (χ1v) is 15.3. The average Bonchev–Trinajstić information content (AvgIpc) is 3.27. The van der Waals surface area contributed by atoms with E-state index in [2.05, 4.69) is 45.8 Å². The fourth-order valence-corrected chi connectivity index (χ4v) is 10.6. The van der Waals surface area contributed by atoms with Crippen LogP contribution in [0.3, 0.4) is 0 Å². The van der Waals surface area contributed by atoms with Crippen molar-refractivity contribution in [3.05, 3.63) is 35.0 Å². The number of carbonyl (C=O) groups excluding carboxylic acids is 2. The summed E-state index contributed by atoms with van der Waals surface area (Å²) in [5.74, 6) is 1.59. The third kappa shape index (κ3) is 3.33. The number of carbonyl (C=O) groups is 2. The van der Waals surface area contributed by atoms with Gasteiger partial charge in [0.1, 0.15) is 6.07 Å². The first-order valence-electron chi connectivity index (χ1n) is 15.3. The Morgan fingerprint density at radius 2 is 1.65 bits per heavy atom. The van der Waals surface area contributed by atoms with Gasteiger partial charge in [-0.15, -0.1) is 0 Å². The fourth-order valence-electron chi connectivity index (χ4n) is 10.6. The lowest BCUT2D eigenvalue weighted by atomic mass is 9.35. The molecule has 0 N–H and O–H groups in total. The van der Waals surface area contributed by atoms with Gasteiger partial charge in [-0.2, -0.15) is 10.2 Å². The summed E-state index contributed by atoms with van der Waals surface area (Å²) in [6.45, 7) is 17.5. The van der Waals surface area contributed by atoms with Crippen LogP contribution in [-0.4, -0.2) is 21.7 Å². The predicted octanol–water partition coefficient (Wildman–Crippen LogP) is 7.24. The number of fused-ring (bicyclic) bond motifs is 7. The average molecular weight is 544 g/mol. The van der Waals surface area contributed by atoms with E-state index in [9.17, 15) is 14.9 Å². The van der Waals surface area contributed by atoms with Gasteiger partial charge in [0.25, 0.3) is 0 Å². The van der Waals surface area contributed by atoms with Gasteiger partial charge in [0, 0.05) is 16.7 Å². The summed E-state index contributed by atoms with van der Waals surface area (Å²) >= 11 is 0. The zero-order chi connectivity index (χ0) is 29.1. The van der Waals surface area contributed by atoms with Gasteiger partial charge in [-0.3, -0.25) is 9.59 Å². The molecule has 5 aliphatic carbocycles. The molecule has 0 saturated heterocycles. The highest BCUT2D eigenvalue weighted by atomic mass is 16.5. The maximum Gasteiger partial charge on any atom is 0.233 e. The molecule has 0 aromatic carbocycles. The minimum absolute atomic E-state index is 0.0552. The molecule has 3 saturated carbocycles. The maximum atomic E-state index is 14.6. The number of allylic oxidation sites excluding steroid dienone is 4. The van der Waals surface area contributed by atoms with E-state index in [0.717, 1.165) is 62.8 Å². The lowest BCUT2D eigenvalue weighted by Crippen LogP contribution is -2.64. The quantitative estimate of drug-likeness (QED) is 0.370. The van der Waals surface area contributed by atoms with Gasteiger partial charge >= 0.3 is 0 Å². The van der Waals surface area contributed by atoms with Gasteiger partial charge in [0.05, 0.1) is 11.0 Å². The van der Waals surface area contributed by atoms with E-state index in [-0.39, 0.29) is 56.6 Å². The summed E-state index contributed by atoms with van der Waals surface area (Å²) in [4.78, 5) is 32.7. The van der Waals surface area contributed by atoms with Crippen molar-refractivity contribution in [3.63, 3.8) is 0 Å². The van der Waals surface area contributed by atoms with Crippen molar-refractivity contribution in [1.82, 2.24) is 10.1 Å². The van der Waals surface area contributed by atoms with Crippen LogP contribution in [0.25, 0.3) is 0 Å². The minimum atomic E-state index is -0.651. The molecule has 2 unspecified atom stereocenters. The van der Waals surface area contributed by atoms with Crippen molar-refractivity contribution in [2.24, 2.45) is 44.8 Å². The molecule has 0 radical (unpaired) electrons. The number of nitrogens with zero attached hydrogens (tertiary/aromatic N) is 3. The molecule has 214 valence electrons. The van der Waals surface area contributed by atoms with Gasteiger partial charge < -0.3 is 4.52 Å². The Hall–Kier alpha value is -2.55. The number of hydrogen-bond donors (Lipinski definition) is 0. The molecular formula is C34H45N3O3. The second-order valence-corrected chi connectivity index (χ2v) is 15.9. The summed E-state index contributed by atoms with van der Waals surface area (Å²) in [5, 5.41) is 14.2. The molecule has 0 bridgehead atoms. The van der Waals surface area contributed by atoms with Crippen LogP contribution in [0, 0.1) is 63.1 Å². The molecule has 6 nitrogen and oxygen atoms in total. The fraction of sp³-hybridized carbons (Fsp3) is 0.735. The SMILES string of the molecule is Cc1noc([C@]23CCC(C)(C)CCC2C2C(=O)C=C4[C@@]5(C)C=C(C#N)C(=O)C(C)(C)[C@@H]5CC[C@@]4(C)[C@]2(C)CC3)n1. The Bertz CT molecular complexity index is 1410. The Morgan fingerprint density at radius 3 is 2.30 bits per heavy atom. The topological polar surface area (TPSA) is 96.9 Å². The van der Waals surface area contributed by atoms with Gasteiger partial charge in [-0.05, 0) is 92.4 Å². The lowest BCUT2D eigenvalue weighted by molar-refractivity contribution is -0.154. The third-order valence-electron chi connectivity index (χ3n) is 13.2. The van der Waals surface area contributed by atoms with Gasteiger partial charge in [0.2, 0.25) is 5.89 Å². The zero-order valence-electron chi connectivity index (χ0n) is 25.6. The van der Waals surface area contributed by atoms with Crippen molar-refractivity contribution < 1.29 is 14.1 Å². The third-order valence-corrected chi connectivity index (χ3v) is 13.2. The summed E-state index contributed by atoms with van der Waals surface area (Å²) in [7, 11) is 0. The standard InChI is InChI=1S/C34H45N3O3/c1-20-36-28(40-37-20)34-15-13-29(2,3)11-9-22(34)26-23(38)17-25-31(6)18-21(19-35)27(39)30(4,5)24(31)10-12-32(25,7)33(26,8)14-16-34/h17-18,22,24,26H,9-16H2,1-8H3/t22?,24-,26?,31-,32+,33+,34-/m0/s1. The maximum absolute atomic E-state index is 14.6. The summed E-state index contributed by atoms with van der Waals surface area (Å²) in [6.07, 6.45) is 11.7. The van der Waals surface area contributed by atoms with Crippen LogP contribution in [0.1, 0.15) is 112 Å². The summed E-state index contributed by atoms with van der Waals surface area (Å²) in [5.41, 5.74) is -0.328. The van der Waals surface area contributed by atoms with Crippen LogP contribution >= 0.6 is 0 Å². The Morgan fingerprint density at radius 1 is 0.950 bits per heavy atom. The van der Waals surface area contributed by atoms with Crippen molar-refractivity contribution in [3.8, 4) is 6.07 Å². The number of aromatic nitrogens is 2. The number of aryl methyl sites for hydroxylation is 1. The number of hydrogen-bond acceptors (Lipinski definition) is 6. The smallest absolute Gasteiger partial charge is 0.233 e. The van der Waals surface area contributed by atoms with E-state index < -0.39 is 10.8 Å². The number of nitriles is 1. The van der Waals surface area contributed by atoms with E-state index in [0.29, 0.717) is 5.82 Å². The monoisotopic (exact) mass is 543 g/mol. The van der Waals surface area contributed by atoms with Crippen LogP contribution < -0.4 is 0 Å². The Kier molecular flexibility index (Phi) is 5.70. The Labute approximate surface area is 239 Å². The van der Waals surface area contributed by atoms with E-state index in [4.69, 9.17) is 9.51 Å². The molecule has 0 amide bonds. The van der Waals surface area contributed by atoms with E-state index in [1.54, 1.807) is 0 Å². The zero-order valence-corrected chi connectivity index (χ0v) is 25.6. The van der Waals surface area contributed by atoms with Crippen molar-refractivity contribution >= 4 is 11.6 Å². The molecule has 5 aliphatic rings. The largest absolute Gasteiger partial charge is 0.339 e. The number of ketones is 2. The molecule has 1 aromatic heterocycles. The first-order chi connectivity index (χ1) is 18.6. The number of rotatable bonds is 1.